The summed E-state index contributed by atoms with van der Waals surface area (Å²) in [5, 5.41) is 20.5. The van der Waals surface area contributed by atoms with Crippen LogP contribution in [0.5, 0.6) is 0 Å². The largest absolute Gasteiger partial charge is 0.394 e. The van der Waals surface area contributed by atoms with Gasteiger partial charge in [0.2, 0.25) is 0 Å². The number of aliphatic hydroxyl groups excluding tert-OH is 1. The summed E-state index contributed by atoms with van der Waals surface area (Å²) in [7, 11) is 1.74. The maximum absolute atomic E-state index is 8.96. The van der Waals surface area contributed by atoms with E-state index >= 15 is 0 Å². The Hall–Kier alpha value is -1.44. The fourth-order valence-corrected chi connectivity index (χ4v) is 1.04. The summed E-state index contributed by atoms with van der Waals surface area (Å²) in [5.74, 6) is 0. The van der Waals surface area contributed by atoms with E-state index in [1.165, 1.54) is 0 Å². The summed E-state index contributed by atoms with van der Waals surface area (Å²) in [5.41, 5.74) is 1.24. The van der Waals surface area contributed by atoms with Crippen LogP contribution >= 0.6 is 0 Å². The molecule has 68 valence electrons. The fraction of sp³-hybridized carbons (Fsp3) is 0.333. The molecule has 1 unspecified atom stereocenters. The van der Waals surface area contributed by atoms with E-state index in [4.69, 9.17) is 10.4 Å². The van der Waals surface area contributed by atoms with E-state index in [1.807, 2.05) is 6.07 Å². The molecule has 0 amide bonds. The van der Waals surface area contributed by atoms with Gasteiger partial charge in [0.05, 0.1) is 30.0 Å². The van der Waals surface area contributed by atoms with E-state index in [9.17, 15) is 0 Å². The van der Waals surface area contributed by atoms with Crippen molar-refractivity contribution < 1.29 is 5.11 Å². The average Bonchev–Trinajstić information content (AvgIpc) is 2.20. The van der Waals surface area contributed by atoms with E-state index in [0.717, 1.165) is 0 Å². The van der Waals surface area contributed by atoms with Gasteiger partial charge in [-0.2, -0.15) is 5.26 Å². The third-order valence-electron chi connectivity index (χ3n) is 1.80. The number of aromatic nitrogens is 1. The van der Waals surface area contributed by atoms with Crippen LogP contribution in [-0.4, -0.2) is 23.7 Å². The number of pyridine rings is 1. The van der Waals surface area contributed by atoms with E-state index in [2.05, 4.69) is 10.3 Å². The minimum atomic E-state index is -0.201. The van der Waals surface area contributed by atoms with Crippen molar-refractivity contribution in [3.63, 3.8) is 0 Å². The highest BCUT2D eigenvalue weighted by atomic mass is 16.3. The SMILES string of the molecule is CNC(CO)c1cc(C#N)ccn1. The Morgan fingerprint density at radius 1 is 1.77 bits per heavy atom. The van der Waals surface area contributed by atoms with Crippen LogP contribution in [0.1, 0.15) is 17.3 Å². The van der Waals surface area contributed by atoms with Gasteiger partial charge in [-0.1, -0.05) is 0 Å². The van der Waals surface area contributed by atoms with Crippen molar-refractivity contribution in [3.8, 4) is 6.07 Å². The Morgan fingerprint density at radius 2 is 2.54 bits per heavy atom. The number of nitrogens with zero attached hydrogens (tertiary/aromatic N) is 2. The Bertz CT molecular complexity index is 315. The zero-order valence-corrected chi connectivity index (χ0v) is 7.36. The second-order valence-electron chi connectivity index (χ2n) is 2.61. The molecule has 0 aliphatic heterocycles. The van der Waals surface area contributed by atoms with Gasteiger partial charge in [-0.15, -0.1) is 0 Å². The average molecular weight is 177 g/mol. The molecule has 0 aromatic carbocycles. The number of likely N-dealkylation sites (N-methyl/N-ethyl adjacent to an activating group) is 1. The number of hydrogen-bond acceptors (Lipinski definition) is 4. The van der Waals surface area contributed by atoms with Gasteiger partial charge in [-0.05, 0) is 19.2 Å². The van der Waals surface area contributed by atoms with Crippen molar-refractivity contribution in [2.45, 2.75) is 6.04 Å². The molecule has 13 heavy (non-hydrogen) atoms. The van der Waals surface area contributed by atoms with Crippen molar-refractivity contribution in [2.75, 3.05) is 13.7 Å². The maximum Gasteiger partial charge on any atom is 0.0992 e. The van der Waals surface area contributed by atoms with E-state index in [1.54, 1.807) is 25.4 Å². The quantitative estimate of drug-likeness (QED) is 0.692. The molecule has 0 bridgehead atoms. The first-order valence-electron chi connectivity index (χ1n) is 3.96. The van der Waals surface area contributed by atoms with Crippen molar-refractivity contribution in [3.05, 3.63) is 29.6 Å². The first-order valence-corrected chi connectivity index (χ1v) is 3.96. The Morgan fingerprint density at radius 3 is 3.08 bits per heavy atom. The predicted octanol–water partition coefficient (Wildman–Crippen LogP) is 0.206. The molecule has 0 spiro atoms. The number of rotatable bonds is 3. The smallest absolute Gasteiger partial charge is 0.0992 e. The summed E-state index contributed by atoms with van der Waals surface area (Å²) in [6.07, 6.45) is 1.56. The zero-order valence-electron chi connectivity index (χ0n) is 7.36. The van der Waals surface area contributed by atoms with E-state index in [0.29, 0.717) is 11.3 Å². The summed E-state index contributed by atoms with van der Waals surface area (Å²) < 4.78 is 0. The normalized spacial score (nSPS) is 12.1. The lowest BCUT2D eigenvalue weighted by Gasteiger charge is -2.11. The predicted molar refractivity (Wildman–Crippen MR) is 47.8 cm³/mol. The van der Waals surface area contributed by atoms with Crippen LogP contribution in [0.2, 0.25) is 0 Å². The van der Waals surface area contributed by atoms with Gasteiger partial charge < -0.3 is 10.4 Å². The number of hydrogen-bond donors (Lipinski definition) is 2. The Labute approximate surface area is 76.8 Å². The molecule has 0 radical (unpaired) electrons. The van der Waals surface area contributed by atoms with Gasteiger partial charge in [0.25, 0.3) is 0 Å². The molecule has 1 aromatic rings. The standard InChI is InChI=1S/C9H11N3O/c1-11-9(6-13)8-4-7(5-10)2-3-12-8/h2-4,9,11,13H,6H2,1H3. The zero-order chi connectivity index (χ0) is 9.68. The molecule has 1 rings (SSSR count). The van der Waals surface area contributed by atoms with Crippen LogP contribution in [0.3, 0.4) is 0 Å². The van der Waals surface area contributed by atoms with Gasteiger partial charge >= 0.3 is 0 Å². The number of nitrogens with one attached hydrogen (secondary N) is 1. The van der Waals surface area contributed by atoms with Crippen molar-refractivity contribution in [1.82, 2.24) is 10.3 Å². The molecule has 0 fully saturated rings. The molecule has 1 atom stereocenters. The van der Waals surface area contributed by atoms with Crippen molar-refractivity contribution in [2.24, 2.45) is 0 Å². The third kappa shape index (κ3) is 2.25. The van der Waals surface area contributed by atoms with Crippen LogP contribution in [0.15, 0.2) is 18.3 Å². The molecule has 1 aromatic heterocycles. The molecule has 0 saturated heterocycles. The number of nitriles is 1. The summed E-state index contributed by atoms with van der Waals surface area (Å²) in [4.78, 5) is 4.06. The summed E-state index contributed by atoms with van der Waals surface area (Å²) >= 11 is 0. The lowest BCUT2D eigenvalue weighted by Crippen LogP contribution is -2.21. The molecule has 0 aliphatic carbocycles. The molecular weight excluding hydrogens is 166 g/mol. The molecule has 1 heterocycles. The lowest BCUT2D eigenvalue weighted by atomic mass is 10.1. The molecular formula is C9H11N3O. The van der Waals surface area contributed by atoms with Gasteiger partial charge in [0.15, 0.2) is 0 Å². The van der Waals surface area contributed by atoms with Crippen LogP contribution in [0.25, 0.3) is 0 Å². The lowest BCUT2D eigenvalue weighted by molar-refractivity contribution is 0.248. The molecule has 4 nitrogen and oxygen atoms in total. The maximum atomic E-state index is 8.96. The first-order chi connectivity index (χ1) is 6.31. The van der Waals surface area contributed by atoms with Crippen molar-refractivity contribution in [1.29, 1.82) is 5.26 Å². The monoisotopic (exact) mass is 177 g/mol. The topological polar surface area (TPSA) is 68.9 Å². The Kier molecular flexibility index (Phi) is 3.38. The third-order valence-corrected chi connectivity index (χ3v) is 1.80. The fourth-order valence-electron chi connectivity index (χ4n) is 1.04. The molecule has 0 aliphatic rings. The van der Waals surface area contributed by atoms with E-state index in [-0.39, 0.29) is 12.6 Å². The van der Waals surface area contributed by atoms with Crippen LogP contribution in [0, 0.1) is 11.3 Å². The molecule has 2 N–H and O–H groups in total. The van der Waals surface area contributed by atoms with Crippen molar-refractivity contribution >= 4 is 0 Å². The van der Waals surface area contributed by atoms with E-state index < -0.39 is 0 Å². The molecule has 0 saturated carbocycles. The second kappa shape index (κ2) is 4.55. The first kappa shape index (κ1) is 9.65. The minimum absolute atomic E-state index is 0.0294. The van der Waals surface area contributed by atoms with Gasteiger partial charge in [-0.3, -0.25) is 4.98 Å². The highest BCUT2D eigenvalue weighted by Gasteiger charge is 2.08. The second-order valence-corrected chi connectivity index (χ2v) is 2.61. The van der Waals surface area contributed by atoms with Crippen LogP contribution < -0.4 is 5.32 Å². The van der Waals surface area contributed by atoms with Gasteiger partial charge in [0.1, 0.15) is 0 Å². The van der Waals surface area contributed by atoms with Crippen LogP contribution in [0.4, 0.5) is 0 Å². The Balaban J connectivity index is 2.94. The summed E-state index contributed by atoms with van der Waals surface area (Å²) in [6, 6.07) is 5.12. The summed E-state index contributed by atoms with van der Waals surface area (Å²) in [6.45, 7) is -0.0294. The highest BCUT2D eigenvalue weighted by molar-refractivity contribution is 5.29. The number of aliphatic hydroxyl groups is 1. The van der Waals surface area contributed by atoms with Gasteiger partial charge in [-0.25, -0.2) is 0 Å². The van der Waals surface area contributed by atoms with Crippen LogP contribution in [-0.2, 0) is 0 Å². The highest BCUT2D eigenvalue weighted by Crippen LogP contribution is 2.09. The van der Waals surface area contributed by atoms with Gasteiger partial charge in [0, 0.05) is 6.20 Å². The molecule has 4 heteroatoms. The minimum Gasteiger partial charge on any atom is -0.394 e.